The standard InChI is InChI=1S/C3H10N2.2C2H4O2.CH5N3/c1-3(5)2-4;2*1-2(3)4;2-1(3)4/h3H,2,4-5H2,1H3;2*1H3,(H,3,4);(H5,2,3,4). The van der Waals surface area contributed by atoms with Gasteiger partial charge in [-0.15, -0.1) is 0 Å². The average Bonchev–Trinajstić information content (AvgIpc) is 2.00. The van der Waals surface area contributed by atoms with Crippen LogP contribution in [0.15, 0.2) is 0 Å². The number of carbonyl (C=O) groups is 2. The summed E-state index contributed by atoms with van der Waals surface area (Å²) in [7, 11) is 0. The second-order valence-electron chi connectivity index (χ2n) is 2.71. The number of hydrogen-bond donors (Lipinski definition) is 7. The summed E-state index contributed by atoms with van der Waals surface area (Å²) >= 11 is 0. The highest BCUT2D eigenvalue weighted by molar-refractivity contribution is 5.71. The van der Waals surface area contributed by atoms with E-state index in [-0.39, 0.29) is 12.0 Å². The van der Waals surface area contributed by atoms with Crippen molar-refractivity contribution < 1.29 is 19.8 Å². The number of nitrogens with one attached hydrogen (secondary N) is 1. The van der Waals surface area contributed by atoms with E-state index in [0.717, 1.165) is 13.8 Å². The summed E-state index contributed by atoms with van der Waals surface area (Å²) in [6.07, 6.45) is 0. The van der Waals surface area contributed by atoms with Crippen molar-refractivity contribution in [3.63, 3.8) is 0 Å². The predicted molar refractivity (Wildman–Crippen MR) is 65.4 cm³/mol. The quantitative estimate of drug-likeness (QED) is 0.211. The summed E-state index contributed by atoms with van der Waals surface area (Å²) in [5.74, 6) is -2.00. The lowest BCUT2D eigenvalue weighted by Gasteiger charge is -1.92. The molecule has 104 valence electrons. The van der Waals surface area contributed by atoms with E-state index in [1.165, 1.54) is 0 Å². The number of carboxylic acid groups (broad SMARTS) is 2. The Kier molecular flexibility index (Phi) is 28.2. The minimum atomic E-state index is -0.833. The molecule has 0 saturated heterocycles. The van der Waals surface area contributed by atoms with Crippen molar-refractivity contribution in [2.45, 2.75) is 26.8 Å². The maximum absolute atomic E-state index is 9.00. The van der Waals surface area contributed by atoms with E-state index in [1.807, 2.05) is 6.92 Å². The molecule has 0 spiro atoms. The Bertz CT molecular complexity index is 168. The van der Waals surface area contributed by atoms with Crippen LogP contribution >= 0.6 is 0 Å². The van der Waals surface area contributed by atoms with Gasteiger partial charge in [0.05, 0.1) is 0 Å². The Morgan fingerprint density at radius 3 is 1.24 bits per heavy atom. The molecule has 0 radical (unpaired) electrons. The van der Waals surface area contributed by atoms with Crippen LogP contribution in [0.5, 0.6) is 0 Å². The van der Waals surface area contributed by atoms with Crippen molar-refractivity contribution in [3.05, 3.63) is 0 Å². The number of aliphatic carboxylic acids is 2. The zero-order valence-corrected chi connectivity index (χ0v) is 10.3. The van der Waals surface area contributed by atoms with Gasteiger partial charge in [0.2, 0.25) is 0 Å². The van der Waals surface area contributed by atoms with Crippen LogP contribution in [-0.2, 0) is 9.59 Å². The third-order valence-corrected chi connectivity index (χ3v) is 0.372. The van der Waals surface area contributed by atoms with Gasteiger partial charge in [0.1, 0.15) is 0 Å². The molecule has 1 atom stereocenters. The Morgan fingerprint density at radius 2 is 1.24 bits per heavy atom. The normalized spacial score (nSPS) is 8.76. The molecule has 11 N–H and O–H groups in total. The molecular weight excluding hydrogens is 230 g/mol. The molecule has 0 amide bonds. The third kappa shape index (κ3) is 123000. The highest BCUT2D eigenvalue weighted by Gasteiger charge is 1.79. The highest BCUT2D eigenvalue weighted by Crippen LogP contribution is 1.59. The topological polar surface area (TPSA) is 203 Å². The van der Waals surface area contributed by atoms with Crippen molar-refractivity contribution in [3.8, 4) is 0 Å². The summed E-state index contributed by atoms with van der Waals surface area (Å²) in [5.41, 5.74) is 19.2. The zero-order valence-electron chi connectivity index (χ0n) is 10.3. The van der Waals surface area contributed by atoms with Gasteiger partial charge in [-0.3, -0.25) is 15.0 Å². The summed E-state index contributed by atoms with van der Waals surface area (Å²) in [6.45, 7) is 4.62. The molecule has 0 aliphatic rings. The molecular formula is C8H23N5O4. The summed E-state index contributed by atoms with van der Waals surface area (Å²) < 4.78 is 0. The first kappa shape index (κ1) is 24.4. The van der Waals surface area contributed by atoms with E-state index < -0.39 is 11.9 Å². The largest absolute Gasteiger partial charge is 0.481 e. The summed E-state index contributed by atoms with van der Waals surface area (Å²) in [4.78, 5) is 18.0. The number of guanidine groups is 1. The fourth-order valence-corrected chi connectivity index (χ4v) is 0. The monoisotopic (exact) mass is 253 g/mol. The van der Waals surface area contributed by atoms with Gasteiger partial charge >= 0.3 is 0 Å². The summed E-state index contributed by atoms with van der Waals surface area (Å²) in [5, 5.41) is 20.9. The van der Waals surface area contributed by atoms with Gasteiger partial charge in [-0.1, -0.05) is 0 Å². The molecule has 0 aromatic heterocycles. The minimum Gasteiger partial charge on any atom is -0.481 e. The first-order valence-corrected chi connectivity index (χ1v) is 4.41. The molecule has 0 bridgehead atoms. The third-order valence-electron chi connectivity index (χ3n) is 0.372. The second-order valence-corrected chi connectivity index (χ2v) is 2.71. The fourth-order valence-electron chi connectivity index (χ4n) is 0. The number of nitrogens with two attached hydrogens (primary N) is 4. The molecule has 9 heteroatoms. The zero-order chi connectivity index (χ0) is 15.0. The van der Waals surface area contributed by atoms with Gasteiger partial charge in [-0.05, 0) is 6.92 Å². The lowest BCUT2D eigenvalue weighted by atomic mass is 10.4. The maximum Gasteiger partial charge on any atom is 0.300 e. The Balaban J connectivity index is -0.0000000667. The van der Waals surface area contributed by atoms with Crippen LogP contribution in [0.1, 0.15) is 20.8 Å². The van der Waals surface area contributed by atoms with Crippen LogP contribution in [0, 0.1) is 5.41 Å². The number of carboxylic acids is 2. The lowest BCUT2D eigenvalue weighted by molar-refractivity contribution is -0.135. The lowest BCUT2D eigenvalue weighted by Crippen LogP contribution is -2.25. The minimum absolute atomic E-state index is 0.162. The Labute approximate surface area is 100 Å². The van der Waals surface area contributed by atoms with Gasteiger partial charge < -0.3 is 33.1 Å². The van der Waals surface area contributed by atoms with Gasteiger partial charge in [0.15, 0.2) is 5.96 Å². The van der Waals surface area contributed by atoms with Crippen molar-refractivity contribution in [1.82, 2.24) is 0 Å². The van der Waals surface area contributed by atoms with Crippen LogP contribution in [-0.4, -0.2) is 40.7 Å². The van der Waals surface area contributed by atoms with Crippen molar-refractivity contribution in [2.24, 2.45) is 22.9 Å². The fraction of sp³-hybridized carbons (Fsp3) is 0.625. The molecule has 0 aromatic rings. The van der Waals surface area contributed by atoms with Gasteiger partial charge in [0.25, 0.3) is 11.9 Å². The van der Waals surface area contributed by atoms with E-state index in [9.17, 15) is 0 Å². The van der Waals surface area contributed by atoms with E-state index in [2.05, 4.69) is 11.5 Å². The van der Waals surface area contributed by atoms with Crippen molar-refractivity contribution in [2.75, 3.05) is 6.54 Å². The van der Waals surface area contributed by atoms with Crippen LogP contribution < -0.4 is 22.9 Å². The van der Waals surface area contributed by atoms with Crippen molar-refractivity contribution >= 4 is 17.9 Å². The molecule has 9 nitrogen and oxygen atoms in total. The Morgan fingerprint density at radius 1 is 1.18 bits per heavy atom. The number of hydrogen-bond acceptors (Lipinski definition) is 5. The van der Waals surface area contributed by atoms with E-state index in [0.29, 0.717) is 6.54 Å². The SMILES string of the molecule is CC(=O)O.CC(=O)O.CC(N)CN.N=C(N)N. The van der Waals surface area contributed by atoms with Crippen LogP contribution in [0.3, 0.4) is 0 Å². The molecule has 0 heterocycles. The first-order valence-electron chi connectivity index (χ1n) is 4.41. The Hall–Kier alpha value is -1.87. The highest BCUT2D eigenvalue weighted by atomic mass is 16.4. The first-order chi connectivity index (χ1) is 7.47. The molecule has 0 saturated carbocycles. The van der Waals surface area contributed by atoms with E-state index in [4.69, 9.17) is 36.7 Å². The van der Waals surface area contributed by atoms with Gasteiger partial charge in [-0.25, -0.2) is 0 Å². The van der Waals surface area contributed by atoms with Crippen LogP contribution in [0.4, 0.5) is 0 Å². The average molecular weight is 253 g/mol. The van der Waals surface area contributed by atoms with E-state index in [1.54, 1.807) is 0 Å². The predicted octanol–water partition coefficient (Wildman–Crippen LogP) is -1.69. The van der Waals surface area contributed by atoms with Crippen LogP contribution in [0.2, 0.25) is 0 Å². The maximum atomic E-state index is 9.00. The van der Waals surface area contributed by atoms with Gasteiger partial charge in [-0.2, -0.15) is 0 Å². The second kappa shape index (κ2) is 19.7. The molecule has 0 aliphatic heterocycles. The van der Waals surface area contributed by atoms with Gasteiger partial charge in [0, 0.05) is 26.4 Å². The van der Waals surface area contributed by atoms with Crippen molar-refractivity contribution in [1.29, 1.82) is 5.41 Å². The number of rotatable bonds is 1. The summed E-state index contributed by atoms with van der Waals surface area (Å²) in [6, 6.07) is 0.162. The molecule has 0 aliphatic carbocycles. The molecule has 0 rings (SSSR count). The molecule has 0 aromatic carbocycles. The smallest absolute Gasteiger partial charge is 0.300 e. The molecule has 17 heavy (non-hydrogen) atoms. The van der Waals surface area contributed by atoms with E-state index >= 15 is 0 Å². The molecule has 1 unspecified atom stereocenters. The molecule has 0 fully saturated rings. The van der Waals surface area contributed by atoms with Crippen LogP contribution in [0.25, 0.3) is 0 Å².